The smallest absolute Gasteiger partial charge is 0.305 e. The number of hydrogen-bond donors (Lipinski definition) is 2. The Morgan fingerprint density at radius 3 is 1.97 bits per heavy atom. The van der Waals surface area contributed by atoms with Gasteiger partial charge in [0.25, 0.3) is 0 Å². The van der Waals surface area contributed by atoms with E-state index in [1.807, 2.05) is 38.7 Å². The molecule has 0 atom stereocenters. The number of rotatable bonds is 4. The van der Waals surface area contributed by atoms with Crippen molar-refractivity contribution in [2.24, 2.45) is 10.8 Å². The molecule has 0 fully saturated rings. The first-order chi connectivity index (χ1) is 14.9. The summed E-state index contributed by atoms with van der Waals surface area (Å²) in [7, 11) is 0. The third kappa shape index (κ3) is 3.98. The van der Waals surface area contributed by atoms with Crippen molar-refractivity contribution in [3.05, 3.63) is 52.4 Å². The number of carboxylic acid groups (broad SMARTS) is 1. The predicted molar refractivity (Wildman–Crippen MR) is 120 cm³/mol. The number of ketones is 2. The van der Waals surface area contributed by atoms with E-state index in [2.05, 4.69) is 0 Å². The monoisotopic (exact) mass is 437 g/mol. The topological polar surface area (TPSA) is 94.9 Å². The first-order valence-corrected chi connectivity index (χ1v) is 11.2. The van der Waals surface area contributed by atoms with Crippen LogP contribution in [-0.2, 0) is 14.4 Å². The van der Waals surface area contributed by atoms with E-state index in [1.54, 1.807) is 18.2 Å². The molecule has 0 aromatic heterocycles. The second-order valence-corrected chi connectivity index (χ2v) is 10.9. The maximum atomic E-state index is 13.5. The number of allylic oxidation sites excluding steroid dienone is 4. The summed E-state index contributed by atoms with van der Waals surface area (Å²) in [6, 6.07) is 6.80. The fourth-order valence-corrected chi connectivity index (χ4v) is 5.56. The van der Waals surface area contributed by atoms with Crippen LogP contribution in [0.3, 0.4) is 0 Å². The summed E-state index contributed by atoms with van der Waals surface area (Å²) in [6.45, 7) is 8.42. The number of hydrogen-bond acceptors (Lipinski definition) is 5. The van der Waals surface area contributed by atoms with E-state index >= 15 is 0 Å². The fourth-order valence-electron chi connectivity index (χ4n) is 5.56. The molecule has 6 heteroatoms. The Bertz CT molecular complexity index is 1020. The number of benzene rings is 1. The Morgan fingerprint density at radius 1 is 0.969 bits per heavy atom. The molecule has 6 nitrogen and oxygen atoms in total. The number of carboxylic acids is 1. The first kappa shape index (κ1) is 22.3. The Hall–Kier alpha value is -2.89. The number of carbonyl (C=O) groups is 3. The molecule has 0 amide bonds. The molecular formula is C26H31NO5. The van der Waals surface area contributed by atoms with Crippen LogP contribution in [0.15, 0.2) is 46.8 Å². The van der Waals surface area contributed by atoms with E-state index in [0.29, 0.717) is 36.8 Å². The number of phenols is 1. The SMILES string of the molecule is CC1(C)CC(=O)C2=C(C1)N(CCC(=O)O)C1=C(C(=O)CC(C)(C)C1)C2c1cccc(O)c1. The number of Topliss-reactive ketones (excluding diaryl/α,β-unsaturated/α-hetero) is 2. The standard InChI is InChI=1S/C26H31NO5/c1-25(2)11-17-23(19(29)13-25)22(15-6-5-7-16(28)10-15)24-18(27(17)9-8-21(31)32)12-26(3,4)14-20(24)30/h5-7,10,22,28H,8-9,11-14H2,1-4H3,(H,31,32). The van der Waals surface area contributed by atoms with Gasteiger partial charge in [0.1, 0.15) is 5.75 Å². The Labute approximate surface area is 188 Å². The second kappa shape index (κ2) is 7.61. The average molecular weight is 438 g/mol. The van der Waals surface area contributed by atoms with Gasteiger partial charge in [-0.3, -0.25) is 14.4 Å². The molecular weight excluding hydrogens is 406 g/mol. The molecule has 4 rings (SSSR count). The third-order valence-electron chi connectivity index (χ3n) is 6.77. The van der Waals surface area contributed by atoms with Crippen LogP contribution in [0.5, 0.6) is 5.75 Å². The molecule has 0 saturated heterocycles. The number of aromatic hydroxyl groups is 1. The van der Waals surface area contributed by atoms with Crippen molar-refractivity contribution in [3.63, 3.8) is 0 Å². The molecule has 1 aromatic rings. The highest BCUT2D eigenvalue weighted by atomic mass is 16.4. The Kier molecular flexibility index (Phi) is 5.30. The van der Waals surface area contributed by atoms with Gasteiger partial charge in [0.05, 0.1) is 6.42 Å². The molecule has 1 heterocycles. The van der Waals surface area contributed by atoms with Crippen molar-refractivity contribution in [2.45, 2.75) is 65.7 Å². The lowest BCUT2D eigenvalue weighted by Gasteiger charge is -2.49. The van der Waals surface area contributed by atoms with Crippen LogP contribution < -0.4 is 0 Å². The summed E-state index contributed by atoms with van der Waals surface area (Å²) >= 11 is 0. The summed E-state index contributed by atoms with van der Waals surface area (Å²) in [4.78, 5) is 40.4. The number of aliphatic carboxylic acids is 1. The minimum atomic E-state index is -0.910. The Morgan fingerprint density at radius 2 is 1.50 bits per heavy atom. The molecule has 32 heavy (non-hydrogen) atoms. The van der Waals surface area contributed by atoms with Crippen molar-refractivity contribution < 1.29 is 24.6 Å². The van der Waals surface area contributed by atoms with Gasteiger partial charge in [0.2, 0.25) is 0 Å². The molecule has 3 aliphatic rings. The zero-order valence-electron chi connectivity index (χ0n) is 19.2. The third-order valence-corrected chi connectivity index (χ3v) is 6.77. The van der Waals surface area contributed by atoms with Gasteiger partial charge in [-0.25, -0.2) is 0 Å². The van der Waals surface area contributed by atoms with Crippen molar-refractivity contribution in [1.82, 2.24) is 4.90 Å². The zero-order chi connectivity index (χ0) is 23.4. The van der Waals surface area contributed by atoms with E-state index in [4.69, 9.17) is 0 Å². The molecule has 2 N–H and O–H groups in total. The molecule has 0 radical (unpaired) electrons. The predicted octanol–water partition coefficient (Wildman–Crippen LogP) is 4.55. The molecule has 0 bridgehead atoms. The van der Waals surface area contributed by atoms with Crippen LogP contribution in [0.2, 0.25) is 0 Å². The van der Waals surface area contributed by atoms with Gasteiger partial charge in [-0.05, 0) is 41.4 Å². The van der Waals surface area contributed by atoms with Crippen LogP contribution in [-0.4, -0.2) is 39.2 Å². The van der Waals surface area contributed by atoms with Gasteiger partial charge in [-0.15, -0.1) is 0 Å². The van der Waals surface area contributed by atoms with Gasteiger partial charge in [-0.2, -0.15) is 0 Å². The summed E-state index contributed by atoms with van der Waals surface area (Å²) in [5.74, 6) is -1.36. The normalized spacial score (nSPS) is 22.7. The second-order valence-electron chi connectivity index (χ2n) is 10.9. The fraction of sp³-hybridized carbons (Fsp3) is 0.500. The van der Waals surface area contributed by atoms with Crippen LogP contribution >= 0.6 is 0 Å². The van der Waals surface area contributed by atoms with Crippen molar-refractivity contribution in [1.29, 1.82) is 0 Å². The van der Waals surface area contributed by atoms with E-state index in [9.17, 15) is 24.6 Å². The minimum Gasteiger partial charge on any atom is -0.508 e. The largest absolute Gasteiger partial charge is 0.508 e. The molecule has 0 spiro atoms. The molecule has 170 valence electrons. The Balaban J connectivity index is 1.98. The minimum absolute atomic E-state index is 0.00546. The highest BCUT2D eigenvalue weighted by Gasteiger charge is 2.48. The zero-order valence-corrected chi connectivity index (χ0v) is 19.2. The van der Waals surface area contributed by atoms with Gasteiger partial charge in [0, 0.05) is 47.8 Å². The van der Waals surface area contributed by atoms with Gasteiger partial charge in [-0.1, -0.05) is 39.8 Å². The summed E-state index contributed by atoms with van der Waals surface area (Å²) in [5.41, 5.74) is 3.07. The maximum absolute atomic E-state index is 13.5. The highest BCUT2D eigenvalue weighted by molar-refractivity contribution is 6.06. The van der Waals surface area contributed by atoms with Gasteiger partial charge in [0.15, 0.2) is 11.6 Å². The quantitative estimate of drug-likeness (QED) is 0.717. The van der Waals surface area contributed by atoms with Crippen LogP contribution in [0.1, 0.15) is 71.3 Å². The van der Waals surface area contributed by atoms with Crippen LogP contribution in [0.4, 0.5) is 0 Å². The lowest BCUT2D eigenvalue weighted by molar-refractivity contribution is -0.137. The maximum Gasteiger partial charge on any atom is 0.305 e. The number of nitrogens with zero attached hydrogens (tertiary/aromatic N) is 1. The number of phenolic OH excluding ortho intramolecular Hbond substituents is 1. The van der Waals surface area contributed by atoms with Gasteiger partial charge < -0.3 is 15.1 Å². The molecule has 0 unspecified atom stereocenters. The molecule has 1 aromatic carbocycles. The van der Waals surface area contributed by atoms with E-state index in [0.717, 1.165) is 17.0 Å². The highest BCUT2D eigenvalue weighted by Crippen LogP contribution is 2.54. The van der Waals surface area contributed by atoms with E-state index in [-0.39, 0.29) is 41.1 Å². The number of carbonyl (C=O) groups excluding carboxylic acids is 2. The average Bonchev–Trinajstić information content (AvgIpc) is 2.63. The summed E-state index contributed by atoms with van der Waals surface area (Å²) in [5, 5.41) is 19.5. The van der Waals surface area contributed by atoms with Crippen molar-refractivity contribution in [2.75, 3.05) is 6.54 Å². The molecule has 1 aliphatic heterocycles. The molecule has 0 saturated carbocycles. The van der Waals surface area contributed by atoms with Crippen LogP contribution in [0.25, 0.3) is 0 Å². The van der Waals surface area contributed by atoms with Crippen LogP contribution in [0, 0.1) is 10.8 Å². The van der Waals surface area contributed by atoms with E-state index in [1.165, 1.54) is 0 Å². The van der Waals surface area contributed by atoms with Crippen molar-refractivity contribution >= 4 is 17.5 Å². The lowest BCUT2D eigenvalue weighted by atomic mass is 9.63. The van der Waals surface area contributed by atoms with Crippen molar-refractivity contribution in [3.8, 4) is 5.75 Å². The van der Waals surface area contributed by atoms with E-state index < -0.39 is 11.9 Å². The molecule has 2 aliphatic carbocycles. The first-order valence-electron chi connectivity index (χ1n) is 11.2. The lowest BCUT2D eigenvalue weighted by Crippen LogP contribution is -2.45. The summed E-state index contributed by atoms with van der Waals surface area (Å²) in [6.07, 6.45) is 1.93. The summed E-state index contributed by atoms with van der Waals surface area (Å²) < 4.78 is 0. The van der Waals surface area contributed by atoms with Gasteiger partial charge >= 0.3 is 5.97 Å².